The third-order valence-electron chi connectivity index (χ3n) is 4.94. The number of Topliss-reactive ketones (excluding diaryl/α,β-unsaturated/α-hetero) is 1. The first-order valence-electron chi connectivity index (χ1n) is 8.59. The first kappa shape index (κ1) is 17.9. The van der Waals surface area contributed by atoms with Crippen molar-refractivity contribution in [2.75, 3.05) is 24.6 Å². The Hall–Kier alpha value is -1.91. The maximum atomic E-state index is 11.4. The smallest absolute Gasteiger partial charge is 0.161 e. The Morgan fingerprint density at radius 3 is 2.84 bits per heavy atom. The summed E-state index contributed by atoms with van der Waals surface area (Å²) < 4.78 is 0. The summed E-state index contributed by atoms with van der Waals surface area (Å²) in [4.78, 5) is 18.1. The summed E-state index contributed by atoms with van der Waals surface area (Å²) in [6.45, 7) is 3.31. The maximum Gasteiger partial charge on any atom is 0.161 e. The molecule has 1 fully saturated rings. The Morgan fingerprint density at radius 2 is 2.20 bits per heavy atom. The summed E-state index contributed by atoms with van der Waals surface area (Å²) in [5.74, 6) is 0.872. The molecular weight excluding hydrogens is 336 g/mol. The van der Waals surface area contributed by atoms with Crippen molar-refractivity contribution in [3.8, 4) is 0 Å². The van der Waals surface area contributed by atoms with Crippen LogP contribution in [0.15, 0.2) is 42.6 Å². The number of carbonyl (C=O) groups excluding carboxylic acids is 1. The Kier molecular flexibility index (Phi) is 5.40. The fourth-order valence-corrected chi connectivity index (χ4v) is 3.81. The van der Waals surface area contributed by atoms with Gasteiger partial charge in [-0.3, -0.25) is 4.79 Å². The minimum absolute atomic E-state index is 0.0170. The molecule has 1 atom stereocenters. The molecule has 0 bridgehead atoms. The second-order valence-electron chi connectivity index (χ2n) is 6.95. The monoisotopic (exact) mass is 358 g/mol. The van der Waals surface area contributed by atoms with Crippen LogP contribution in [0.4, 0.5) is 5.82 Å². The predicted octanol–water partition coefficient (Wildman–Crippen LogP) is 3.76. The summed E-state index contributed by atoms with van der Waals surface area (Å²) in [6, 6.07) is 11.6. The zero-order valence-electron chi connectivity index (χ0n) is 14.4. The quantitative estimate of drug-likeness (QED) is 0.827. The molecule has 4 nitrogen and oxygen atoms in total. The molecule has 25 heavy (non-hydrogen) atoms. The van der Waals surface area contributed by atoms with Gasteiger partial charge in [0.05, 0.1) is 6.61 Å². The topological polar surface area (TPSA) is 53.4 Å². The Labute approximate surface area is 153 Å². The van der Waals surface area contributed by atoms with Crippen LogP contribution in [0, 0.1) is 5.41 Å². The van der Waals surface area contributed by atoms with Crippen molar-refractivity contribution in [1.82, 2.24) is 4.98 Å². The number of hydrogen-bond donors (Lipinski definition) is 1. The lowest BCUT2D eigenvalue weighted by atomic mass is 9.75. The van der Waals surface area contributed by atoms with Crippen molar-refractivity contribution in [2.45, 2.75) is 26.2 Å². The lowest BCUT2D eigenvalue weighted by Crippen LogP contribution is -2.47. The van der Waals surface area contributed by atoms with Crippen molar-refractivity contribution in [3.05, 3.63) is 58.7 Å². The fourth-order valence-electron chi connectivity index (χ4n) is 3.59. The van der Waals surface area contributed by atoms with Crippen LogP contribution in [-0.4, -0.2) is 35.6 Å². The third kappa shape index (κ3) is 4.20. The lowest BCUT2D eigenvalue weighted by molar-refractivity contribution is 0.101. The molecule has 0 unspecified atom stereocenters. The van der Waals surface area contributed by atoms with Crippen LogP contribution in [0.2, 0.25) is 5.02 Å². The van der Waals surface area contributed by atoms with E-state index < -0.39 is 0 Å². The van der Waals surface area contributed by atoms with Crippen molar-refractivity contribution in [3.63, 3.8) is 0 Å². The predicted molar refractivity (Wildman–Crippen MR) is 100 cm³/mol. The number of rotatable bonds is 5. The van der Waals surface area contributed by atoms with E-state index >= 15 is 0 Å². The lowest BCUT2D eigenvalue weighted by Gasteiger charge is -2.42. The number of aliphatic hydroxyl groups excluding tert-OH is 1. The first-order chi connectivity index (χ1) is 12.0. The normalized spacial score (nSPS) is 20.5. The molecule has 1 saturated heterocycles. The summed E-state index contributed by atoms with van der Waals surface area (Å²) in [5.41, 5.74) is 1.56. The molecule has 3 rings (SSSR count). The molecule has 1 aliphatic rings. The molecule has 0 saturated carbocycles. The van der Waals surface area contributed by atoms with E-state index in [9.17, 15) is 9.90 Å². The molecule has 0 spiro atoms. The number of anilines is 1. The second kappa shape index (κ2) is 7.54. The zero-order valence-corrected chi connectivity index (χ0v) is 15.2. The number of aromatic nitrogens is 1. The molecule has 132 valence electrons. The van der Waals surface area contributed by atoms with Crippen LogP contribution >= 0.6 is 11.6 Å². The number of hydrogen-bond acceptors (Lipinski definition) is 4. The number of carbonyl (C=O) groups is 1. The zero-order chi connectivity index (χ0) is 17.9. The number of halogens is 1. The Morgan fingerprint density at radius 1 is 1.36 bits per heavy atom. The molecule has 0 amide bonds. The van der Waals surface area contributed by atoms with Gasteiger partial charge in [0.2, 0.25) is 0 Å². The number of piperidine rings is 1. The molecule has 0 aliphatic carbocycles. The molecule has 1 aromatic carbocycles. The van der Waals surface area contributed by atoms with Crippen LogP contribution in [-0.2, 0) is 6.42 Å². The van der Waals surface area contributed by atoms with Crippen molar-refractivity contribution in [1.29, 1.82) is 0 Å². The van der Waals surface area contributed by atoms with Crippen LogP contribution in [0.5, 0.6) is 0 Å². The minimum Gasteiger partial charge on any atom is -0.396 e. The van der Waals surface area contributed by atoms with Gasteiger partial charge in [0, 0.05) is 35.3 Å². The van der Waals surface area contributed by atoms with Crippen LogP contribution in [0.1, 0.15) is 35.7 Å². The van der Waals surface area contributed by atoms with Crippen molar-refractivity contribution >= 4 is 23.2 Å². The number of pyridine rings is 1. The maximum absolute atomic E-state index is 11.4. The van der Waals surface area contributed by atoms with Gasteiger partial charge >= 0.3 is 0 Å². The van der Waals surface area contributed by atoms with E-state index in [1.807, 2.05) is 30.3 Å². The van der Waals surface area contributed by atoms with Gasteiger partial charge in [-0.25, -0.2) is 4.98 Å². The van der Waals surface area contributed by atoms with Gasteiger partial charge in [-0.2, -0.15) is 0 Å². The van der Waals surface area contributed by atoms with Crippen LogP contribution in [0.25, 0.3) is 0 Å². The van der Waals surface area contributed by atoms with E-state index in [1.54, 1.807) is 13.1 Å². The number of ketones is 1. The minimum atomic E-state index is -0.205. The average Bonchev–Trinajstić information content (AvgIpc) is 2.62. The van der Waals surface area contributed by atoms with Gasteiger partial charge in [-0.15, -0.1) is 0 Å². The molecular formula is C20H23ClN2O2. The van der Waals surface area contributed by atoms with Crippen molar-refractivity contribution < 1.29 is 9.90 Å². The molecule has 2 heterocycles. The highest BCUT2D eigenvalue weighted by atomic mass is 35.5. The van der Waals surface area contributed by atoms with Gasteiger partial charge in [0.15, 0.2) is 5.78 Å². The van der Waals surface area contributed by atoms with E-state index in [0.29, 0.717) is 5.56 Å². The molecule has 1 aliphatic heterocycles. The first-order valence-corrected chi connectivity index (χ1v) is 8.96. The summed E-state index contributed by atoms with van der Waals surface area (Å²) in [7, 11) is 0. The molecule has 0 radical (unpaired) electrons. The largest absolute Gasteiger partial charge is 0.396 e. The molecule has 2 aromatic rings. The summed E-state index contributed by atoms with van der Waals surface area (Å²) in [5, 5.41) is 10.9. The average molecular weight is 359 g/mol. The van der Waals surface area contributed by atoms with E-state index in [2.05, 4.69) is 16.0 Å². The standard InChI is InChI=1S/C20H23ClN2O2/c1-15(25)17-6-7-19(22-12-17)23-9-3-8-20(13-23,14-24)11-16-4-2-5-18(21)10-16/h2,4-7,10,12,24H,3,8-9,11,13-14H2,1H3/t20-/m0/s1. The fraction of sp³-hybridized carbons (Fsp3) is 0.400. The SMILES string of the molecule is CC(=O)c1ccc(N2CCC[C@](CO)(Cc3cccc(Cl)c3)C2)nc1. The van der Waals surface area contributed by atoms with Crippen LogP contribution < -0.4 is 4.90 Å². The second-order valence-corrected chi connectivity index (χ2v) is 7.39. The van der Waals surface area contributed by atoms with E-state index in [1.165, 1.54) is 0 Å². The highest BCUT2D eigenvalue weighted by molar-refractivity contribution is 6.30. The summed E-state index contributed by atoms with van der Waals surface area (Å²) in [6.07, 6.45) is 4.38. The van der Waals surface area contributed by atoms with Gasteiger partial charge in [-0.1, -0.05) is 23.7 Å². The number of aliphatic hydroxyl groups is 1. The number of nitrogens with zero attached hydrogens (tertiary/aromatic N) is 2. The van der Waals surface area contributed by atoms with Crippen molar-refractivity contribution in [2.24, 2.45) is 5.41 Å². The van der Waals surface area contributed by atoms with Gasteiger partial charge in [-0.05, 0) is 56.0 Å². The highest BCUT2D eigenvalue weighted by Crippen LogP contribution is 2.35. The van der Waals surface area contributed by atoms with Gasteiger partial charge < -0.3 is 10.0 Å². The highest BCUT2D eigenvalue weighted by Gasteiger charge is 2.35. The molecule has 1 aromatic heterocycles. The van der Waals surface area contributed by atoms with E-state index in [0.717, 1.165) is 48.8 Å². The van der Waals surface area contributed by atoms with Crippen LogP contribution in [0.3, 0.4) is 0 Å². The van der Waals surface area contributed by atoms with E-state index in [4.69, 9.17) is 11.6 Å². The van der Waals surface area contributed by atoms with E-state index in [-0.39, 0.29) is 17.8 Å². The van der Waals surface area contributed by atoms with Gasteiger partial charge in [0.1, 0.15) is 5.82 Å². The van der Waals surface area contributed by atoms with Gasteiger partial charge in [0.25, 0.3) is 0 Å². The summed E-state index contributed by atoms with van der Waals surface area (Å²) >= 11 is 6.11. The Balaban J connectivity index is 1.78. The number of benzene rings is 1. The molecule has 1 N–H and O–H groups in total. The third-order valence-corrected chi connectivity index (χ3v) is 5.18. The Bertz CT molecular complexity index is 748. The molecule has 5 heteroatoms.